The van der Waals surface area contributed by atoms with Crippen LogP contribution in [0.15, 0.2) is 18.2 Å². The number of piperazine rings is 1. The molecule has 1 N–H and O–H groups in total. The van der Waals surface area contributed by atoms with E-state index in [0.717, 1.165) is 44.6 Å². The van der Waals surface area contributed by atoms with Gasteiger partial charge in [0.25, 0.3) is 0 Å². The Morgan fingerprint density at radius 1 is 1.08 bits per heavy atom. The molecule has 144 valence electrons. The molecule has 0 aromatic heterocycles. The van der Waals surface area contributed by atoms with Crippen molar-refractivity contribution in [2.75, 3.05) is 26.2 Å². The molecule has 1 atom stereocenters. The molecule has 0 aliphatic carbocycles. The van der Waals surface area contributed by atoms with Crippen molar-refractivity contribution >= 4 is 24.8 Å². The Balaban J connectivity index is 0.00000156. The number of benzene rings is 1. The summed E-state index contributed by atoms with van der Waals surface area (Å²) in [5.74, 6) is 0.859. The van der Waals surface area contributed by atoms with E-state index in [1.165, 1.54) is 0 Å². The third-order valence-electron chi connectivity index (χ3n) is 4.42. The van der Waals surface area contributed by atoms with Crippen LogP contribution in [-0.4, -0.2) is 37.4 Å². The second-order valence-corrected chi connectivity index (χ2v) is 6.65. The third-order valence-corrected chi connectivity index (χ3v) is 4.42. The summed E-state index contributed by atoms with van der Waals surface area (Å²) >= 11 is 0. The molecule has 2 aliphatic rings. The van der Waals surface area contributed by atoms with Crippen molar-refractivity contribution < 1.29 is 18.3 Å². The molecule has 2 heterocycles. The van der Waals surface area contributed by atoms with Crippen molar-refractivity contribution in [3.63, 3.8) is 0 Å². The summed E-state index contributed by atoms with van der Waals surface area (Å²) < 4.78 is 35.5. The van der Waals surface area contributed by atoms with E-state index in [1.54, 1.807) is 12.1 Å². The zero-order valence-electron chi connectivity index (χ0n) is 14.5. The van der Waals surface area contributed by atoms with Crippen molar-refractivity contribution in [2.24, 2.45) is 5.92 Å². The Morgan fingerprint density at radius 3 is 2.36 bits per heavy atom. The van der Waals surface area contributed by atoms with Crippen LogP contribution in [0, 0.1) is 5.92 Å². The number of nitrogens with zero attached hydrogens (tertiary/aromatic N) is 1. The van der Waals surface area contributed by atoms with Crippen LogP contribution in [0.1, 0.15) is 38.3 Å². The first-order chi connectivity index (χ1) is 10.9. The average Bonchev–Trinajstić information content (AvgIpc) is 2.81. The molecule has 0 saturated carbocycles. The molecule has 0 amide bonds. The summed E-state index contributed by atoms with van der Waals surface area (Å²) in [6, 6.07) is 5.42. The molecule has 1 aromatic carbocycles. The first-order valence-electron chi connectivity index (χ1n) is 8.29. The minimum Gasteiger partial charge on any atom is -0.395 e. The van der Waals surface area contributed by atoms with Gasteiger partial charge in [0.1, 0.15) is 0 Å². The quantitative estimate of drug-likeness (QED) is 0.804. The summed E-state index contributed by atoms with van der Waals surface area (Å²) in [4.78, 5) is 2.43. The Bertz CT molecular complexity index is 555. The minimum absolute atomic E-state index is 0. The number of ether oxygens (including phenoxy) is 2. The topological polar surface area (TPSA) is 33.7 Å². The van der Waals surface area contributed by atoms with Crippen LogP contribution in [-0.2, 0) is 0 Å². The maximum absolute atomic E-state index is 13.2. The van der Waals surface area contributed by atoms with E-state index in [2.05, 4.69) is 33.5 Å². The molecule has 8 heteroatoms. The van der Waals surface area contributed by atoms with Crippen molar-refractivity contribution in [3.8, 4) is 11.5 Å². The normalized spacial score (nSPS) is 19.9. The second kappa shape index (κ2) is 9.21. The van der Waals surface area contributed by atoms with Gasteiger partial charge < -0.3 is 14.8 Å². The molecule has 1 fully saturated rings. The highest BCUT2D eigenvalue weighted by Gasteiger charge is 2.43. The van der Waals surface area contributed by atoms with Gasteiger partial charge in [0.2, 0.25) is 0 Å². The highest BCUT2D eigenvalue weighted by molar-refractivity contribution is 5.85. The number of hydrogen-bond donors (Lipinski definition) is 1. The average molecular weight is 399 g/mol. The van der Waals surface area contributed by atoms with Gasteiger partial charge in [-0.2, -0.15) is 0 Å². The van der Waals surface area contributed by atoms with E-state index in [0.29, 0.717) is 5.92 Å². The molecule has 25 heavy (non-hydrogen) atoms. The van der Waals surface area contributed by atoms with E-state index >= 15 is 0 Å². The van der Waals surface area contributed by atoms with Crippen LogP contribution in [0.3, 0.4) is 0 Å². The van der Waals surface area contributed by atoms with Crippen LogP contribution in [0.5, 0.6) is 11.5 Å². The first-order valence-corrected chi connectivity index (χ1v) is 8.29. The van der Waals surface area contributed by atoms with Gasteiger partial charge >= 0.3 is 6.29 Å². The number of rotatable bonds is 5. The van der Waals surface area contributed by atoms with Crippen molar-refractivity contribution in [3.05, 3.63) is 23.8 Å². The predicted octanol–water partition coefficient (Wildman–Crippen LogP) is 4.23. The molecule has 4 nitrogen and oxygen atoms in total. The lowest BCUT2D eigenvalue weighted by atomic mass is 9.95. The van der Waals surface area contributed by atoms with Gasteiger partial charge in [-0.3, -0.25) is 4.90 Å². The van der Waals surface area contributed by atoms with E-state index < -0.39 is 6.29 Å². The zero-order valence-corrected chi connectivity index (χ0v) is 16.1. The second-order valence-electron chi connectivity index (χ2n) is 6.65. The fraction of sp³-hybridized carbons (Fsp3) is 0.647. The van der Waals surface area contributed by atoms with Gasteiger partial charge in [0.05, 0.1) is 0 Å². The van der Waals surface area contributed by atoms with Crippen molar-refractivity contribution in [2.45, 2.75) is 39.0 Å². The summed E-state index contributed by atoms with van der Waals surface area (Å²) in [6.07, 6.45) is -1.45. The van der Waals surface area contributed by atoms with Gasteiger partial charge in [-0.25, -0.2) is 0 Å². The van der Waals surface area contributed by atoms with Gasteiger partial charge in [-0.05, 0) is 36.5 Å². The highest BCUT2D eigenvalue weighted by Crippen LogP contribution is 2.43. The number of halogens is 4. The van der Waals surface area contributed by atoms with Crippen LogP contribution in [0.4, 0.5) is 8.78 Å². The summed E-state index contributed by atoms with van der Waals surface area (Å²) in [5.41, 5.74) is 1.02. The maximum Gasteiger partial charge on any atom is 0.586 e. The molecular formula is C17H26Cl2F2N2O2. The number of hydrogen-bond acceptors (Lipinski definition) is 4. The largest absolute Gasteiger partial charge is 0.586 e. The predicted molar refractivity (Wildman–Crippen MR) is 98.4 cm³/mol. The summed E-state index contributed by atoms with van der Waals surface area (Å²) in [7, 11) is 0. The first kappa shape index (κ1) is 22.2. The SMILES string of the molecule is CC(C)CC[C@@H](c1ccc2c(c1)OC(F)(F)O2)N1CCNCC1.Cl.Cl. The maximum atomic E-state index is 13.2. The Hall–Kier alpha value is -0.820. The summed E-state index contributed by atoms with van der Waals surface area (Å²) in [6.45, 7) is 8.26. The lowest BCUT2D eigenvalue weighted by molar-refractivity contribution is -0.286. The van der Waals surface area contributed by atoms with Crippen LogP contribution >= 0.6 is 24.8 Å². The van der Waals surface area contributed by atoms with Gasteiger partial charge in [-0.1, -0.05) is 19.9 Å². The van der Waals surface area contributed by atoms with Gasteiger partial charge in [0, 0.05) is 32.2 Å². The van der Waals surface area contributed by atoms with Crippen molar-refractivity contribution in [1.29, 1.82) is 0 Å². The monoisotopic (exact) mass is 398 g/mol. The Labute approximate surface area is 160 Å². The standard InChI is InChI=1S/C17H24F2N2O2.2ClH/c1-12(2)3-5-14(21-9-7-20-8-10-21)13-4-6-15-16(11-13)23-17(18,19)22-15;;/h4,6,11-12,14,20H,3,5,7-10H2,1-2H3;2*1H/t14-;;/m0../s1. The number of nitrogens with one attached hydrogen (secondary N) is 1. The minimum atomic E-state index is -3.55. The number of alkyl halides is 2. The van der Waals surface area contributed by atoms with Gasteiger partial charge in [-0.15, -0.1) is 33.6 Å². The zero-order chi connectivity index (χ0) is 16.4. The number of fused-ring (bicyclic) bond motifs is 1. The smallest absolute Gasteiger partial charge is 0.395 e. The van der Waals surface area contributed by atoms with Crippen LogP contribution in [0.2, 0.25) is 0 Å². The van der Waals surface area contributed by atoms with Crippen molar-refractivity contribution in [1.82, 2.24) is 10.2 Å². The van der Waals surface area contributed by atoms with Gasteiger partial charge in [0.15, 0.2) is 11.5 Å². The molecule has 1 aromatic rings. The van der Waals surface area contributed by atoms with E-state index in [-0.39, 0.29) is 42.4 Å². The van der Waals surface area contributed by atoms with E-state index in [1.807, 2.05) is 6.07 Å². The highest BCUT2D eigenvalue weighted by atomic mass is 35.5. The lowest BCUT2D eigenvalue weighted by Crippen LogP contribution is -2.45. The molecule has 0 spiro atoms. The molecule has 0 bridgehead atoms. The van der Waals surface area contributed by atoms with Crippen LogP contribution in [0.25, 0.3) is 0 Å². The summed E-state index contributed by atoms with van der Waals surface area (Å²) in [5, 5.41) is 3.35. The fourth-order valence-electron chi connectivity index (χ4n) is 3.22. The Kier molecular flexibility index (Phi) is 8.19. The molecule has 0 unspecified atom stereocenters. The molecule has 1 saturated heterocycles. The Morgan fingerprint density at radius 2 is 1.72 bits per heavy atom. The molecular weight excluding hydrogens is 373 g/mol. The third kappa shape index (κ3) is 5.58. The lowest BCUT2D eigenvalue weighted by Gasteiger charge is -2.35. The van der Waals surface area contributed by atoms with Crippen LogP contribution < -0.4 is 14.8 Å². The fourth-order valence-corrected chi connectivity index (χ4v) is 3.22. The van der Waals surface area contributed by atoms with E-state index in [9.17, 15) is 8.78 Å². The molecule has 2 aliphatic heterocycles. The van der Waals surface area contributed by atoms with E-state index in [4.69, 9.17) is 0 Å². The molecule has 3 rings (SSSR count). The molecule has 0 radical (unpaired) electrons.